The monoisotopic (exact) mass is 141 g/mol. The summed E-state index contributed by atoms with van der Waals surface area (Å²) in [6.45, 7) is 0. The van der Waals surface area contributed by atoms with Crippen LogP contribution in [0.15, 0.2) is 0 Å². The molecule has 0 spiro atoms. The van der Waals surface area contributed by atoms with Gasteiger partial charge in [-0.3, -0.25) is 0 Å². The van der Waals surface area contributed by atoms with Gasteiger partial charge in [-0.2, -0.15) is 7.11 Å². The topological polar surface area (TPSA) is 53.1 Å². The second kappa shape index (κ2) is 41.6. The summed E-state index contributed by atoms with van der Waals surface area (Å²) in [6, 6.07) is 0. The first-order valence-electron chi connectivity index (χ1n) is 0.408. The molecule has 0 fully saturated rings. The zero-order valence-electron chi connectivity index (χ0n) is 4.86. The fourth-order valence-electron chi connectivity index (χ4n) is 0. The first-order valence-corrected chi connectivity index (χ1v) is 0.408. The Bertz CT molecular complexity index is 9.51. The molecule has 0 aliphatic rings. The predicted octanol–water partition coefficient (Wildman–Crippen LogP) is -6.74. The molecule has 4 heteroatoms. The van der Waals surface area contributed by atoms with Crippen LogP contribution in [0.1, 0.15) is 0 Å². The van der Waals surface area contributed by atoms with Crippen LogP contribution >= 0.6 is 0 Å². The largest absolute Gasteiger partial charge is 1.00 e. The number of hydrogen-bond acceptors (Lipinski definition) is 2. The molecule has 0 aromatic heterocycles. The van der Waals surface area contributed by atoms with Crippen molar-refractivity contribution >= 4 is 0 Å². The third-order valence-electron chi connectivity index (χ3n) is 0. The molecule has 30 valence electrons. The summed E-state index contributed by atoms with van der Waals surface area (Å²) >= 11 is 0. The zero-order valence-corrected chi connectivity index (χ0v) is 11.1. The van der Waals surface area contributed by atoms with Crippen LogP contribution in [0.4, 0.5) is 0 Å². The maximum absolute atomic E-state index is 8.25. The first-order chi connectivity index (χ1) is 1.00. The Kier molecular flexibility index (Phi) is 243. The Hall–Kier alpha value is 3.19. The molecule has 0 atom stereocenters. The summed E-state index contributed by atoms with van der Waals surface area (Å²) in [4.78, 5) is 0. The zero-order chi connectivity index (χ0) is 2.00. The van der Waals surface area contributed by atoms with Crippen LogP contribution in [-0.2, 0) is 0 Å². The van der Waals surface area contributed by atoms with Crippen LogP contribution in [0.2, 0.25) is 0 Å². The summed E-state index contributed by atoms with van der Waals surface area (Å²) in [5, 5.41) is 8.25. The van der Waals surface area contributed by atoms with Gasteiger partial charge in [0.05, 0.1) is 0 Å². The first kappa shape index (κ1) is 35.1. The van der Waals surface area contributed by atoms with Crippen molar-refractivity contribution in [1.82, 2.24) is 0 Å². The molecule has 0 radical (unpaired) electrons. The second-order valence-corrected chi connectivity index (χ2v) is 0. The van der Waals surface area contributed by atoms with Gasteiger partial charge in [0.25, 0.3) is 0 Å². The molecule has 0 aromatic rings. The molecule has 0 aliphatic carbocycles. The van der Waals surface area contributed by atoms with Crippen molar-refractivity contribution in [3.05, 3.63) is 7.43 Å². The van der Waals surface area contributed by atoms with Crippen molar-refractivity contribution in [2.24, 2.45) is 0 Å². The van der Waals surface area contributed by atoms with Gasteiger partial charge in [-0.1, -0.05) is 0 Å². The van der Waals surface area contributed by atoms with E-state index in [-0.39, 0.29) is 116 Å². The molecule has 0 rings (SSSR count). The van der Waals surface area contributed by atoms with E-state index in [9.17, 15) is 0 Å². The second-order valence-electron chi connectivity index (χ2n) is 0. The molecular weight excluding hydrogens is 134 g/mol. The molecule has 0 bridgehead atoms. The Balaban J connectivity index is -0.000000000833. The molecule has 0 saturated heterocycles. The van der Waals surface area contributed by atoms with Gasteiger partial charge in [0.2, 0.25) is 0 Å². The van der Waals surface area contributed by atoms with Gasteiger partial charge in [0.15, 0.2) is 0 Å². The molecule has 0 heterocycles. The third-order valence-corrected chi connectivity index (χ3v) is 0. The smallest absolute Gasteiger partial charge is 0.870 e. The minimum atomic E-state index is 0. The standard InChI is InChI=1S/CH3O.CH3.2K.H2O/c1-2;;;;/h1H3;1H3;;;1H2/q2*-1;2*+1;/p-1. The van der Waals surface area contributed by atoms with Crippen molar-refractivity contribution in [2.75, 3.05) is 7.11 Å². The SMILES string of the molecule is C[O-].[CH3-].[K+].[K+].[OH-]. The van der Waals surface area contributed by atoms with Crippen LogP contribution in [-0.4, -0.2) is 12.6 Å². The van der Waals surface area contributed by atoms with E-state index >= 15 is 0 Å². The molecular formula is C2H7K2O2-. The van der Waals surface area contributed by atoms with Crippen molar-refractivity contribution in [3.63, 3.8) is 0 Å². The average molecular weight is 141 g/mol. The summed E-state index contributed by atoms with van der Waals surface area (Å²) < 4.78 is 0. The maximum atomic E-state index is 8.25. The molecule has 0 amide bonds. The third kappa shape index (κ3) is 27.1. The molecule has 1 N–H and O–H groups in total. The molecule has 0 aliphatic heterocycles. The van der Waals surface area contributed by atoms with Crippen LogP contribution in [0.5, 0.6) is 0 Å². The van der Waals surface area contributed by atoms with E-state index in [1.807, 2.05) is 0 Å². The summed E-state index contributed by atoms with van der Waals surface area (Å²) in [5.74, 6) is 0. The van der Waals surface area contributed by atoms with E-state index < -0.39 is 0 Å². The van der Waals surface area contributed by atoms with Gasteiger partial charge < -0.3 is 18.0 Å². The molecule has 2 nitrogen and oxygen atoms in total. The van der Waals surface area contributed by atoms with Crippen LogP contribution < -0.4 is 108 Å². The van der Waals surface area contributed by atoms with Crippen LogP contribution in [0, 0.1) is 7.43 Å². The van der Waals surface area contributed by atoms with Crippen molar-refractivity contribution in [3.8, 4) is 0 Å². The molecule has 0 saturated carbocycles. The predicted molar refractivity (Wildman–Crippen MR) is 14.3 cm³/mol. The minimum absolute atomic E-state index is 0. The molecule has 0 aromatic carbocycles. The van der Waals surface area contributed by atoms with Gasteiger partial charge in [-0.15, -0.1) is 0 Å². The van der Waals surface area contributed by atoms with Crippen LogP contribution in [0.3, 0.4) is 0 Å². The summed E-state index contributed by atoms with van der Waals surface area (Å²) in [5.41, 5.74) is 0. The Morgan fingerprint density at radius 1 is 1.00 bits per heavy atom. The van der Waals surface area contributed by atoms with Crippen molar-refractivity contribution in [2.45, 2.75) is 0 Å². The van der Waals surface area contributed by atoms with E-state index in [1.165, 1.54) is 0 Å². The van der Waals surface area contributed by atoms with E-state index in [4.69, 9.17) is 5.11 Å². The summed E-state index contributed by atoms with van der Waals surface area (Å²) in [6.07, 6.45) is 0. The van der Waals surface area contributed by atoms with Gasteiger partial charge in [-0.25, -0.2) is 0 Å². The molecule has 0 unspecified atom stereocenters. The fourth-order valence-corrected chi connectivity index (χ4v) is 0. The van der Waals surface area contributed by atoms with Gasteiger partial charge in [0, 0.05) is 0 Å². The van der Waals surface area contributed by atoms with Crippen LogP contribution in [0.25, 0.3) is 0 Å². The Morgan fingerprint density at radius 2 is 1.00 bits per heavy atom. The quantitative estimate of drug-likeness (QED) is 0.249. The van der Waals surface area contributed by atoms with E-state index in [0.29, 0.717) is 0 Å². The van der Waals surface area contributed by atoms with E-state index in [1.54, 1.807) is 0 Å². The Labute approximate surface area is 124 Å². The number of rotatable bonds is 0. The fraction of sp³-hybridized carbons (Fsp3) is 0.500. The van der Waals surface area contributed by atoms with E-state index in [2.05, 4.69) is 0 Å². The maximum Gasteiger partial charge on any atom is 1.00 e. The summed E-state index contributed by atoms with van der Waals surface area (Å²) in [7, 11) is 0.750. The van der Waals surface area contributed by atoms with Gasteiger partial charge >= 0.3 is 103 Å². The molecule has 6 heavy (non-hydrogen) atoms. The van der Waals surface area contributed by atoms with Crippen molar-refractivity contribution < 1.29 is 113 Å². The average Bonchev–Trinajstić information content (AvgIpc) is 1.00. The van der Waals surface area contributed by atoms with Gasteiger partial charge in [0.1, 0.15) is 0 Å². The van der Waals surface area contributed by atoms with Gasteiger partial charge in [-0.05, 0) is 0 Å². The Morgan fingerprint density at radius 3 is 1.00 bits per heavy atom. The van der Waals surface area contributed by atoms with E-state index in [0.717, 1.165) is 7.11 Å². The normalized spacial score (nSPS) is 1.00. The van der Waals surface area contributed by atoms with Crippen molar-refractivity contribution in [1.29, 1.82) is 0 Å². The minimum Gasteiger partial charge on any atom is -0.870 e. The number of hydrogen-bond donors (Lipinski definition) is 0.